The van der Waals surface area contributed by atoms with Gasteiger partial charge in [0.25, 0.3) is 0 Å². The van der Waals surface area contributed by atoms with Gasteiger partial charge in [-0.1, -0.05) is 48.8 Å². The maximum Gasteiger partial charge on any atom is 0.0493 e. The van der Waals surface area contributed by atoms with Crippen molar-refractivity contribution in [1.82, 2.24) is 4.90 Å². The lowest BCUT2D eigenvalue weighted by Gasteiger charge is -2.35. The molecule has 1 rings (SSSR count). The van der Waals surface area contributed by atoms with Gasteiger partial charge < -0.3 is 5.73 Å². The van der Waals surface area contributed by atoms with Crippen LogP contribution in [0.1, 0.15) is 39.3 Å². The Labute approximate surface area is 120 Å². The summed E-state index contributed by atoms with van der Waals surface area (Å²) in [6.07, 6.45) is 0. The van der Waals surface area contributed by atoms with Gasteiger partial charge in [0.15, 0.2) is 0 Å². The average molecular weight is 313 g/mol. The summed E-state index contributed by atoms with van der Waals surface area (Å²) >= 11 is 3.47. The Morgan fingerprint density at radius 3 is 2.11 bits per heavy atom. The summed E-state index contributed by atoms with van der Waals surface area (Å²) in [4.78, 5) is 2.36. The molecule has 2 N–H and O–H groups in total. The molecule has 1 aromatic rings. The first-order chi connectivity index (χ1) is 8.20. The van der Waals surface area contributed by atoms with Crippen LogP contribution in [0.15, 0.2) is 28.7 Å². The largest absolute Gasteiger partial charge is 0.326 e. The third-order valence-corrected chi connectivity index (χ3v) is 3.44. The average Bonchev–Trinajstić information content (AvgIpc) is 2.18. The Hall–Kier alpha value is -0.380. The number of halogens is 1. The minimum Gasteiger partial charge on any atom is -0.326 e. The van der Waals surface area contributed by atoms with Crippen LogP contribution >= 0.6 is 15.9 Å². The van der Waals surface area contributed by atoms with E-state index in [0.717, 1.165) is 11.0 Å². The Morgan fingerprint density at radius 2 is 1.72 bits per heavy atom. The standard InChI is InChI=1S/C15H25BrN2/c1-11(17)14(18(5)10-15(2,3)4)12-6-8-13(16)9-7-12/h6-9,11,14H,10,17H2,1-5H3. The van der Waals surface area contributed by atoms with E-state index in [-0.39, 0.29) is 17.5 Å². The van der Waals surface area contributed by atoms with E-state index in [1.54, 1.807) is 0 Å². The normalized spacial score (nSPS) is 15.8. The molecule has 2 unspecified atom stereocenters. The van der Waals surface area contributed by atoms with Crippen molar-refractivity contribution in [3.63, 3.8) is 0 Å². The molecule has 3 heteroatoms. The van der Waals surface area contributed by atoms with Crippen molar-refractivity contribution in [3.05, 3.63) is 34.3 Å². The van der Waals surface area contributed by atoms with Crippen LogP contribution in [-0.2, 0) is 0 Å². The predicted octanol–water partition coefficient (Wildman–Crippen LogP) is 3.82. The van der Waals surface area contributed by atoms with Crippen LogP contribution in [0.4, 0.5) is 0 Å². The Morgan fingerprint density at radius 1 is 1.22 bits per heavy atom. The Bertz CT molecular complexity index is 365. The van der Waals surface area contributed by atoms with E-state index >= 15 is 0 Å². The van der Waals surface area contributed by atoms with Crippen LogP contribution < -0.4 is 5.73 Å². The molecule has 0 amide bonds. The monoisotopic (exact) mass is 312 g/mol. The molecule has 1 aromatic carbocycles. The van der Waals surface area contributed by atoms with E-state index in [1.807, 2.05) is 0 Å². The lowest BCUT2D eigenvalue weighted by molar-refractivity contribution is 0.156. The van der Waals surface area contributed by atoms with E-state index in [0.29, 0.717) is 0 Å². The zero-order valence-corrected chi connectivity index (χ0v) is 13.7. The first kappa shape index (κ1) is 15.7. The van der Waals surface area contributed by atoms with E-state index in [9.17, 15) is 0 Å². The van der Waals surface area contributed by atoms with Gasteiger partial charge in [0, 0.05) is 23.1 Å². The van der Waals surface area contributed by atoms with Crippen molar-refractivity contribution in [3.8, 4) is 0 Å². The first-order valence-corrected chi connectivity index (χ1v) is 7.21. The minimum atomic E-state index is 0.110. The van der Waals surface area contributed by atoms with Crippen molar-refractivity contribution in [2.75, 3.05) is 13.6 Å². The summed E-state index contributed by atoms with van der Waals surface area (Å²) in [5.41, 5.74) is 7.73. The molecule has 2 nitrogen and oxygen atoms in total. The van der Waals surface area contributed by atoms with E-state index in [4.69, 9.17) is 5.73 Å². The lowest BCUT2D eigenvalue weighted by atomic mass is 9.93. The fraction of sp³-hybridized carbons (Fsp3) is 0.600. The van der Waals surface area contributed by atoms with Crippen LogP contribution in [0.25, 0.3) is 0 Å². The van der Waals surface area contributed by atoms with Crippen molar-refractivity contribution in [1.29, 1.82) is 0 Å². The molecule has 2 atom stereocenters. The molecular weight excluding hydrogens is 288 g/mol. The molecule has 0 bridgehead atoms. The molecule has 0 aliphatic rings. The van der Waals surface area contributed by atoms with Crippen molar-refractivity contribution in [2.24, 2.45) is 11.1 Å². The fourth-order valence-electron chi connectivity index (χ4n) is 2.47. The molecule has 102 valence electrons. The van der Waals surface area contributed by atoms with Crippen LogP contribution in [-0.4, -0.2) is 24.5 Å². The number of hydrogen-bond acceptors (Lipinski definition) is 2. The van der Waals surface area contributed by atoms with Crippen LogP contribution in [0, 0.1) is 5.41 Å². The second-order valence-corrected chi connectivity index (χ2v) is 7.25. The van der Waals surface area contributed by atoms with Gasteiger partial charge in [0.2, 0.25) is 0 Å². The van der Waals surface area contributed by atoms with Gasteiger partial charge >= 0.3 is 0 Å². The van der Waals surface area contributed by atoms with E-state index in [2.05, 4.69) is 79.8 Å². The smallest absolute Gasteiger partial charge is 0.0493 e. The summed E-state index contributed by atoms with van der Waals surface area (Å²) in [7, 11) is 2.15. The van der Waals surface area contributed by atoms with Crippen LogP contribution in [0.5, 0.6) is 0 Å². The zero-order valence-electron chi connectivity index (χ0n) is 12.1. The summed E-state index contributed by atoms with van der Waals surface area (Å²) in [6, 6.07) is 8.83. The van der Waals surface area contributed by atoms with Gasteiger partial charge in [0.05, 0.1) is 0 Å². The second-order valence-electron chi connectivity index (χ2n) is 6.33. The minimum absolute atomic E-state index is 0.110. The van der Waals surface area contributed by atoms with Gasteiger partial charge in [-0.2, -0.15) is 0 Å². The molecule has 0 aromatic heterocycles. The van der Waals surface area contributed by atoms with E-state index in [1.165, 1.54) is 5.56 Å². The molecule has 0 aliphatic carbocycles. The van der Waals surface area contributed by atoms with E-state index < -0.39 is 0 Å². The molecule has 0 heterocycles. The summed E-state index contributed by atoms with van der Waals surface area (Å²) in [5.74, 6) is 0. The first-order valence-electron chi connectivity index (χ1n) is 6.42. The van der Waals surface area contributed by atoms with Crippen molar-refractivity contribution in [2.45, 2.75) is 39.8 Å². The topological polar surface area (TPSA) is 29.3 Å². The summed E-state index contributed by atoms with van der Waals surface area (Å²) in [6.45, 7) is 9.86. The number of rotatable bonds is 4. The van der Waals surface area contributed by atoms with Gasteiger partial charge in [0.1, 0.15) is 0 Å². The van der Waals surface area contributed by atoms with Crippen LogP contribution in [0.3, 0.4) is 0 Å². The second kappa shape index (κ2) is 6.18. The maximum atomic E-state index is 6.17. The third kappa shape index (κ3) is 4.71. The number of nitrogens with zero attached hydrogens (tertiary/aromatic N) is 1. The lowest BCUT2D eigenvalue weighted by Crippen LogP contribution is -2.41. The molecular formula is C15H25BrN2. The third-order valence-electron chi connectivity index (χ3n) is 2.91. The highest BCUT2D eigenvalue weighted by Gasteiger charge is 2.24. The molecule has 0 saturated heterocycles. The highest BCUT2D eigenvalue weighted by molar-refractivity contribution is 9.10. The maximum absolute atomic E-state index is 6.17. The molecule has 0 radical (unpaired) electrons. The van der Waals surface area contributed by atoms with Gasteiger partial charge in [-0.25, -0.2) is 0 Å². The predicted molar refractivity (Wildman–Crippen MR) is 82.6 cm³/mol. The quantitative estimate of drug-likeness (QED) is 0.916. The number of hydrogen-bond donors (Lipinski definition) is 1. The zero-order chi connectivity index (χ0) is 13.9. The SMILES string of the molecule is CC(N)C(c1ccc(Br)cc1)N(C)CC(C)(C)C. The molecule has 0 saturated carbocycles. The van der Waals surface area contributed by atoms with Crippen molar-refractivity contribution >= 4 is 15.9 Å². The van der Waals surface area contributed by atoms with Gasteiger partial charge in [-0.3, -0.25) is 4.90 Å². The summed E-state index contributed by atoms with van der Waals surface area (Å²) in [5, 5.41) is 0. The van der Waals surface area contributed by atoms with Gasteiger partial charge in [-0.15, -0.1) is 0 Å². The fourth-order valence-corrected chi connectivity index (χ4v) is 2.73. The number of likely N-dealkylation sites (N-methyl/N-ethyl adjacent to an activating group) is 1. The highest BCUT2D eigenvalue weighted by Crippen LogP contribution is 2.27. The number of nitrogens with two attached hydrogens (primary N) is 1. The molecule has 18 heavy (non-hydrogen) atoms. The van der Waals surface area contributed by atoms with Gasteiger partial charge in [-0.05, 0) is 37.1 Å². The highest BCUT2D eigenvalue weighted by atomic mass is 79.9. The van der Waals surface area contributed by atoms with Crippen LogP contribution in [0.2, 0.25) is 0 Å². The Balaban J connectivity index is 2.92. The molecule has 0 spiro atoms. The summed E-state index contributed by atoms with van der Waals surface area (Å²) < 4.78 is 1.10. The molecule has 0 fully saturated rings. The molecule has 0 aliphatic heterocycles. The number of benzene rings is 1. The Kier molecular flexibility index (Phi) is 5.38. The van der Waals surface area contributed by atoms with Crippen molar-refractivity contribution < 1.29 is 0 Å².